The lowest BCUT2D eigenvalue weighted by Crippen LogP contribution is -2.10. The van der Waals surface area contributed by atoms with Crippen molar-refractivity contribution in [3.8, 4) is 27.9 Å². The van der Waals surface area contributed by atoms with Crippen molar-refractivity contribution in [1.82, 2.24) is 9.55 Å². The number of nitrogens with zero attached hydrogens (tertiary/aromatic N) is 3. The van der Waals surface area contributed by atoms with Gasteiger partial charge in [-0.15, -0.1) is 22.7 Å². The Hall–Kier alpha value is -8.29. The summed E-state index contributed by atoms with van der Waals surface area (Å²) in [5.41, 5.74) is 14.2. The number of furan rings is 1. The van der Waals surface area contributed by atoms with Crippen LogP contribution in [0, 0.1) is 0 Å². The summed E-state index contributed by atoms with van der Waals surface area (Å²) in [5, 5.41) is 9.65. The number of pyridine rings is 1. The first-order valence-electron chi connectivity index (χ1n) is 22.4. The molecule has 0 aliphatic carbocycles. The van der Waals surface area contributed by atoms with Crippen LogP contribution in [0.5, 0.6) is 0 Å². The monoisotopic (exact) mass is 891 g/mol. The molecule has 14 rings (SSSR count). The van der Waals surface area contributed by atoms with E-state index in [-0.39, 0.29) is 0 Å². The summed E-state index contributed by atoms with van der Waals surface area (Å²) in [5.74, 6) is 0. The lowest BCUT2D eigenvalue weighted by molar-refractivity contribution is 0.669. The molecule has 0 unspecified atom stereocenters. The van der Waals surface area contributed by atoms with Gasteiger partial charge in [0.15, 0.2) is 0 Å². The first-order chi connectivity index (χ1) is 33.1. The molecule has 0 saturated heterocycles. The minimum Gasteiger partial charge on any atom is -0.456 e. The number of hydrogen-bond donors (Lipinski definition) is 0. The van der Waals surface area contributed by atoms with E-state index < -0.39 is 0 Å². The van der Waals surface area contributed by atoms with Crippen molar-refractivity contribution in [2.45, 2.75) is 0 Å². The van der Waals surface area contributed by atoms with Gasteiger partial charge in [0, 0.05) is 86.6 Å². The van der Waals surface area contributed by atoms with E-state index in [9.17, 15) is 0 Å². The Kier molecular flexibility index (Phi) is 8.44. The Labute approximate surface area is 393 Å². The zero-order valence-electron chi connectivity index (χ0n) is 36.0. The Morgan fingerprint density at radius 2 is 1.06 bits per heavy atom. The maximum atomic E-state index is 6.39. The van der Waals surface area contributed by atoms with Gasteiger partial charge in [-0.05, 0) is 137 Å². The molecule has 5 aromatic heterocycles. The molecule has 4 nitrogen and oxygen atoms in total. The van der Waals surface area contributed by atoms with Gasteiger partial charge in [0.2, 0.25) is 0 Å². The number of fused-ring (bicyclic) bond motifs is 12. The van der Waals surface area contributed by atoms with Crippen LogP contribution in [0.4, 0.5) is 17.1 Å². The van der Waals surface area contributed by atoms with Crippen molar-refractivity contribution in [3.63, 3.8) is 0 Å². The van der Waals surface area contributed by atoms with Crippen molar-refractivity contribution in [2.75, 3.05) is 4.90 Å². The number of aromatic nitrogens is 2. The number of rotatable bonds is 7. The molecular weight excluding hydrogens is 855 g/mol. The summed E-state index contributed by atoms with van der Waals surface area (Å²) in [6.45, 7) is 4.01. The normalized spacial score (nSPS) is 11.9. The fourth-order valence-electron chi connectivity index (χ4n) is 10.2. The van der Waals surface area contributed by atoms with E-state index in [0.717, 1.165) is 83.5 Å². The Morgan fingerprint density at radius 1 is 0.448 bits per heavy atom. The van der Waals surface area contributed by atoms with Crippen LogP contribution in [-0.4, -0.2) is 9.55 Å². The van der Waals surface area contributed by atoms with E-state index in [1.54, 1.807) is 0 Å². The minimum absolute atomic E-state index is 0.877. The average molecular weight is 892 g/mol. The third-order valence-corrected chi connectivity index (χ3v) is 15.8. The number of para-hydroxylation sites is 1. The Bertz CT molecular complexity index is 4310. The summed E-state index contributed by atoms with van der Waals surface area (Å²) < 4.78 is 13.8. The molecule has 0 saturated carbocycles. The van der Waals surface area contributed by atoms with Gasteiger partial charge < -0.3 is 13.9 Å². The Balaban J connectivity index is 1.04. The molecule has 0 spiro atoms. The average Bonchev–Trinajstić information content (AvgIpc) is 4.15. The summed E-state index contributed by atoms with van der Waals surface area (Å²) in [6, 6.07) is 71.1. The molecule has 67 heavy (non-hydrogen) atoms. The highest BCUT2D eigenvalue weighted by molar-refractivity contribution is 7.26. The molecule has 0 atom stereocenters. The first-order valence-corrected chi connectivity index (χ1v) is 24.1. The largest absolute Gasteiger partial charge is 0.456 e. The van der Waals surface area contributed by atoms with Gasteiger partial charge in [-0.1, -0.05) is 97.6 Å². The van der Waals surface area contributed by atoms with Gasteiger partial charge in [0.05, 0.1) is 21.4 Å². The third kappa shape index (κ3) is 6.00. The highest BCUT2D eigenvalue weighted by atomic mass is 32.1. The fourth-order valence-corrected chi connectivity index (χ4v) is 12.6. The Morgan fingerprint density at radius 3 is 1.82 bits per heavy atom. The van der Waals surface area contributed by atoms with E-state index in [4.69, 9.17) is 4.42 Å². The number of thiophene rings is 2. The maximum absolute atomic E-state index is 6.39. The van der Waals surface area contributed by atoms with Gasteiger partial charge in [0.25, 0.3) is 0 Å². The van der Waals surface area contributed by atoms with Crippen molar-refractivity contribution in [3.05, 3.63) is 219 Å². The molecule has 0 aliphatic heterocycles. The molecule has 0 fully saturated rings. The topological polar surface area (TPSA) is 34.2 Å². The van der Waals surface area contributed by atoms with Gasteiger partial charge in [0.1, 0.15) is 11.2 Å². The molecule has 6 heteroatoms. The lowest BCUT2D eigenvalue weighted by Gasteiger charge is -2.27. The predicted octanol–water partition coefficient (Wildman–Crippen LogP) is 18.3. The second kappa shape index (κ2) is 14.9. The molecule has 314 valence electrons. The zero-order chi connectivity index (χ0) is 44.2. The summed E-state index contributed by atoms with van der Waals surface area (Å²) in [7, 11) is 0. The van der Waals surface area contributed by atoms with Crippen LogP contribution in [0.25, 0.3) is 118 Å². The van der Waals surface area contributed by atoms with Gasteiger partial charge in [-0.3, -0.25) is 4.98 Å². The first kappa shape index (κ1) is 38.0. The zero-order valence-corrected chi connectivity index (χ0v) is 37.6. The highest BCUT2D eigenvalue weighted by Gasteiger charge is 2.23. The molecule has 9 aromatic carbocycles. The smallest absolute Gasteiger partial charge is 0.135 e. The predicted molar refractivity (Wildman–Crippen MR) is 287 cm³/mol. The second-order valence-electron chi connectivity index (χ2n) is 17.2. The van der Waals surface area contributed by atoms with Crippen LogP contribution >= 0.6 is 22.7 Å². The van der Waals surface area contributed by atoms with Crippen LogP contribution in [0.15, 0.2) is 218 Å². The third-order valence-electron chi connectivity index (χ3n) is 13.4. The summed E-state index contributed by atoms with van der Waals surface area (Å²) >= 11 is 3.71. The molecule has 0 radical (unpaired) electrons. The fraction of sp³-hybridized carbons (Fsp3) is 0. The van der Waals surface area contributed by atoms with Crippen molar-refractivity contribution in [2.24, 2.45) is 0 Å². The van der Waals surface area contributed by atoms with Crippen molar-refractivity contribution < 1.29 is 4.42 Å². The van der Waals surface area contributed by atoms with Crippen LogP contribution in [0.3, 0.4) is 0 Å². The second-order valence-corrected chi connectivity index (χ2v) is 19.3. The van der Waals surface area contributed by atoms with Gasteiger partial charge in [-0.25, -0.2) is 0 Å². The number of benzene rings is 9. The van der Waals surface area contributed by atoms with E-state index in [1.807, 2.05) is 47.2 Å². The standard InChI is InChI=1S/C61H37N3OS2/c1-2-37-15-19-42(20-16-37)64-53-24-17-39(38-27-29-62-30-28-38)31-49(53)50-32-40(18-25-54(50)64)41-33-52-47-11-5-8-14-59(47)67-61(52)55(34-41)63(43-22-26-57-51(35-43)45-9-3-6-12-56(45)65-57)44-21-23-48-46-10-4-7-13-58(46)66-60(48)36-44/h2-36H,1H2. The number of hydrogen-bond acceptors (Lipinski definition) is 5. The molecular formula is C61H37N3OS2. The highest BCUT2D eigenvalue weighted by Crippen LogP contribution is 2.49. The lowest BCUT2D eigenvalue weighted by atomic mass is 9.98. The molecule has 0 bridgehead atoms. The van der Waals surface area contributed by atoms with Crippen molar-refractivity contribution in [1.29, 1.82) is 0 Å². The molecule has 5 heterocycles. The SMILES string of the molecule is C=Cc1ccc(-n2c3ccc(-c4ccncc4)cc3c3cc(-c4cc(N(c5ccc6c(c5)sc5ccccc56)c5ccc6oc7ccccc7c6c5)c5sc6ccccc6c5c4)ccc32)cc1. The van der Waals surface area contributed by atoms with E-state index in [1.165, 1.54) is 51.1 Å². The van der Waals surface area contributed by atoms with Crippen LogP contribution < -0.4 is 4.90 Å². The molecule has 14 aromatic rings. The maximum Gasteiger partial charge on any atom is 0.135 e. The van der Waals surface area contributed by atoms with Crippen LogP contribution in [0.1, 0.15) is 5.56 Å². The molecule has 0 aliphatic rings. The van der Waals surface area contributed by atoms with Gasteiger partial charge in [-0.2, -0.15) is 0 Å². The van der Waals surface area contributed by atoms with Gasteiger partial charge >= 0.3 is 0 Å². The van der Waals surface area contributed by atoms with E-state index in [2.05, 4.69) is 209 Å². The molecule has 0 N–H and O–H groups in total. The molecule has 0 amide bonds. The van der Waals surface area contributed by atoms with Crippen LogP contribution in [0.2, 0.25) is 0 Å². The van der Waals surface area contributed by atoms with Crippen molar-refractivity contribution >= 4 is 130 Å². The summed E-state index contributed by atoms with van der Waals surface area (Å²) in [4.78, 5) is 6.79. The quantitative estimate of drug-likeness (QED) is 0.160. The number of anilines is 3. The van der Waals surface area contributed by atoms with Crippen LogP contribution in [-0.2, 0) is 0 Å². The van der Waals surface area contributed by atoms with E-state index in [0.29, 0.717) is 0 Å². The van der Waals surface area contributed by atoms with E-state index >= 15 is 0 Å². The minimum atomic E-state index is 0.877. The summed E-state index contributed by atoms with van der Waals surface area (Å²) in [6.07, 6.45) is 5.62.